The first kappa shape index (κ1) is 20.2. The number of hydrogen-bond donors (Lipinski definition) is 0. The Hall–Kier alpha value is -1.12. The van der Waals surface area contributed by atoms with Crippen molar-refractivity contribution < 1.29 is 14.0 Å². The summed E-state index contributed by atoms with van der Waals surface area (Å²) in [5, 5.41) is 0. The van der Waals surface area contributed by atoms with Crippen LogP contribution in [0.15, 0.2) is 42.6 Å². The Bertz CT molecular complexity index is 824. The summed E-state index contributed by atoms with van der Waals surface area (Å²) in [4.78, 5) is 4.40. The van der Waals surface area contributed by atoms with Gasteiger partial charge in [0.2, 0.25) is 5.88 Å². The van der Waals surface area contributed by atoms with Crippen LogP contribution >= 0.6 is 22.6 Å². The second-order valence-electron chi connectivity index (χ2n) is 8.74. The van der Waals surface area contributed by atoms with Gasteiger partial charge in [-0.1, -0.05) is 24.3 Å². The van der Waals surface area contributed by atoms with E-state index in [0.29, 0.717) is 5.92 Å². The molecule has 2 unspecified atom stereocenters. The first-order chi connectivity index (χ1) is 13.3. The van der Waals surface area contributed by atoms with Gasteiger partial charge < -0.3 is 14.0 Å². The number of aromatic nitrogens is 1. The zero-order chi connectivity index (χ0) is 19.9. The van der Waals surface area contributed by atoms with E-state index in [-0.39, 0.29) is 24.4 Å². The standard InChI is InChI=1S/C22H27BINO3/c1-21(2)22(3,4)28-23(27-21)16-12-10-15(11-13-16)17-7-5-9-19(17)26-20-18(24)8-6-14-25-20/h6,8,10-14,17,19H,5,7,9H2,1-4H3. The zero-order valence-electron chi connectivity index (χ0n) is 16.9. The molecule has 6 heteroatoms. The van der Waals surface area contributed by atoms with Crippen molar-refractivity contribution in [3.05, 3.63) is 51.7 Å². The molecule has 0 bridgehead atoms. The van der Waals surface area contributed by atoms with Gasteiger partial charge in [0, 0.05) is 12.1 Å². The fourth-order valence-corrected chi connectivity index (χ4v) is 4.40. The van der Waals surface area contributed by atoms with Crippen LogP contribution < -0.4 is 10.2 Å². The van der Waals surface area contributed by atoms with Gasteiger partial charge in [0.25, 0.3) is 0 Å². The quantitative estimate of drug-likeness (QED) is 0.460. The summed E-state index contributed by atoms with van der Waals surface area (Å²) in [5.74, 6) is 1.14. The van der Waals surface area contributed by atoms with Crippen LogP contribution in [0.3, 0.4) is 0 Å². The second-order valence-corrected chi connectivity index (χ2v) is 9.90. The molecular weight excluding hydrogens is 464 g/mol. The van der Waals surface area contributed by atoms with Gasteiger partial charge in [-0.05, 0) is 92.7 Å². The summed E-state index contributed by atoms with van der Waals surface area (Å²) in [6, 6.07) is 12.7. The highest BCUT2D eigenvalue weighted by atomic mass is 127. The lowest BCUT2D eigenvalue weighted by molar-refractivity contribution is 0.00578. The van der Waals surface area contributed by atoms with Gasteiger partial charge in [0.1, 0.15) is 6.10 Å². The van der Waals surface area contributed by atoms with Crippen molar-refractivity contribution in [2.24, 2.45) is 0 Å². The first-order valence-electron chi connectivity index (χ1n) is 9.99. The van der Waals surface area contributed by atoms with E-state index in [1.54, 1.807) is 6.20 Å². The Morgan fingerprint density at radius 1 is 1.04 bits per heavy atom. The van der Waals surface area contributed by atoms with Gasteiger partial charge in [-0.15, -0.1) is 0 Å². The lowest BCUT2D eigenvalue weighted by Crippen LogP contribution is -2.41. The van der Waals surface area contributed by atoms with Crippen LogP contribution in [-0.4, -0.2) is 29.4 Å². The molecule has 0 amide bonds. The minimum absolute atomic E-state index is 0.172. The molecule has 1 saturated heterocycles. The smallest absolute Gasteiger partial charge is 0.473 e. The summed E-state index contributed by atoms with van der Waals surface area (Å²) in [6.07, 6.45) is 5.35. The maximum absolute atomic E-state index is 6.29. The van der Waals surface area contributed by atoms with Crippen molar-refractivity contribution in [2.75, 3.05) is 0 Å². The molecule has 1 aliphatic heterocycles. The number of benzene rings is 1. The average Bonchev–Trinajstić information content (AvgIpc) is 3.19. The molecule has 4 nitrogen and oxygen atoms in total. The number of pyridine rings is 1. The van der Waals surface area contributed by atoms with Gasteiger partial charge in [0.15, 0.2) is 0 Å². The predicted molar refractivity (Wildman–Crippen MR) is 120 cm³/mol. The van der Waals surface area contributed by atoms with Crippen LogP contribution in [-0.2, 0) is 9.31 Å². The van der Waals surface area contributed by atoms with Crippen LogP contribution in [0.4, 0.5) is 0 Å². The minimum atomic E-state index is -0.319. The average molecular weight is 491 g/mol. The Labute approximate surface area is 181 Å². The highest BCUT2D eigenvalue weighted by Crippen LogP contribution is 2.38. The third kappa shape index (κ3) is 3.83. The fourth-order valence-electron chi connectivity index (χ4n) is 3.93. The number of ether oxygens (including phenoxy) is 1. The molecule has 2 heterocycles. The van der Waals surface area contributed by atoms with Crippen molar-refractivity contribution in [1.29, 1.82) is 0 Å². The molecule has 0 N–H and O–H groups in total. The van der Waals surface area contributed by atoms with Gasteiger partial charge in [-0.2, -0.15) is 0 Å². The van der Waals surface area contributed by atoms with E-state index in [1.807, 2.05) is 12.1 Å². The minimum Gasteiger partial charge on any atom is -0.473 e. The van der Waals surface area contributed by atoms with E-state index in [1.165, 1.54) is 12.0 Å². The van der Waals surface area contributed by atoms with Crippen molar-refractivity contribution >= 4 is 35.2 Å². The third-order valence-electron chi connectivity index (χ3n) is 6.33. The van der Waals surface area contributed by atoms with Crippen LogP contribution in [0.1, 0.15) is 58.4 Å². The van der Waals surface area contributed by atoms with Crippen LogP contribution in [0.25, 0.3) is 0 Å². The van der Waals surface area contributed by atoms with E-state index in [2.05, 4.69) is 79.5 Å². The lowest BCUT2D eigenvalue weighted by Gasteiger charge is -2.32. The number of nitrogens with zero attached hydrogens (tertiary/aromatic N) is 1. The van der Waals surface area contributed by atoms with Gasteiger partial charge in [0.05, 0.1) is 14.8 Å². The summed E-state index contributed by atoms with van der Waals surface area (Å²) in [6.45, 7) is 8.34. The van der Waals surface area contributed by atoms with Crippen molar-refractivity contribution in [1.82, 2.24) is 4.98 Å². The second kappa shape index (κ2) is 7.61. The van der Waals surface area contributed by atoms with E-state index >= 15 is 0 Å². The molecule has 2 aliphatic rings. The van der Waals surface area contributed by atoms with Crippen molar-refractivity contribution in [2.45, 2.75) is 70.2 Å². The van der Waals surface area contributed by atoms with Crippen LogP contribution in [0, 0.1) is 3.57 Å². The highest BCUT2D eigenvalue weighted by Gasteiger charge is 2.51. The topological polar surface area (TPSA) is 40.6 Å². The molecule has 1 aromatic carbocycles. The van der Waals surface area contributed by atoms with Crippen molar-refractivity contribution in [3.63, 3.8) is 0 Å². The Morgan fingerprint density at radius 3 is 2.36 bits per heavy atom. The normalized spacial score (nSPS) is 25.8. The van der Waals surface area contributed by atoms with E-state index < -0.39 is 0 Å². The van der Waals surface area contributed by atoms with Crippen LogP contribution in [0.5, 0.6) is 5.88 Å². The maximum Gasteiger partial charge on any atom is 0.494 e. The molecule has 2 fully saturated rings. The van der Waals surface area contributed by atoms with Gasteiger partial charge in [-0.3, -0.25) is 0 Å². The first-order valence-corrected chi connectivity index (χ1v) is 11.1. The third-order valence-corrected chi connectivity index (χ3v) is 7.15. The molecule has 1 saturated carbocycles. The number of halogens is 1. The number of rotatable bonds is 4. The molecule has 1 aromatic heterocycles. The maximum atomic E-state index is 6.29. The largest absolute Gasteiger partial charge is 0.494 e. The zero-order valence-corrected chi connectivity index (χ0v) is 19.1. The Kier molecular flexibility index (Phi) is 5.48. The fraction of sp³-hybridized carbons (Fsp3) is 0.500. The molecule has 2 atom stereocenters. The summed E-state index contributed by atoms with van der Waals surface area (Å²) in [7, 11) is -0.315. The van der Waals surface area contributed by atoms with Crippen molar-refractivity contribution in [3.8, 4) is 5.88 Å². The highest BCUT2D eigenvalue weighted by molar-refractivity contribution is 14.1. The Balaban J connectivity index is 1.48. The SMILES string of the molecule is CC1(C)OB(c2ccc(C3CCCC3Oc3ncccc3I)cc2)OC1(C)C. The Morgan fingerprint density at radius 2 is 1.71 bits per heavy atom. The molecule has 2 aromatic rings. The predicted octanol–water partition coefficient (Wildman–Crippen LogP) is 4.70. The summed E-state index contributed by atoms with van der Waals surface area (Å²) >= 11 is 2.28. The van der Waals surface area contributed by atoms with Gasteiger partial charge >= 0.3 is 7.12 Å². The molecule has 0 radical (unpaired) electrons. The van der Waals surface area contributed by atoms with E-state index in [4.69, 9.17) is 14.0 Å². The van der Waals surface area contributed by atoms with E-state index in [0.717, 1.165) is 27.8 Å². The lowest BCUT2D eigenvalue weighted by atomic mass is 9.78. The van der Waals surface area contributed by atoms with Crippen LogP contribution in [0.2, 0.25) is 0 Å². The summed E-state index contributed by atoms with van der Waals surface area (Å²) in [5.41, 5.74) is 1.74. The molecule has 0 spiro atoms. The molecular formula is C22H27BINO3. The monoisotopic (exact) mass is 491 g/mol. The molecule has 28 heavy (non-hydrogen) atoms. The summed E-state index contributed by atoms with van der Waals surface area (Å²) < 4.78 is 19.7. The molecule has 1 aliphatic carbocycles. The molecule has 148 valence electrons. The van der Waals surface area contributed by atoms with Gasteiger partial charge in [-0.25, -0.2) is 4.98 Å². The molecule has 4 rings (SSSR count). The van der Waals surface area contributed by atoms with E-state index in [9.17, 15) is 0 Å². The number of hydrogen-bond acceptors (Lipinski definition) is 4.